The van der Waals surface area contributed by atoms with Gasteiger partial charge in [-0.2, -0.15) is 0 Å². The lowest BCUT2D eigenvalue weighted by Crippen LogP contribution is -2.16. The van der Waals surface area contributed by atoms with Gasteiger partial charge in [0, 0.05) is 0 Å². The number of unbranched alkanes of at least 4 members (excludes halogenated alkanes) is 1. The van der Waals surface area contributed by atoms with Crippen LogP contribution >= 0.6 is 0 Å². The number of aryl methyl sites for hydroxylation is 2. The van der Waals surface area contributed by atoms with Gasteiger partial charge >= 0.3 is 0 Å². The molecule has 1 aliphatic carbocycles. The molecular formula is C14H21NO3S. The maximum atomic E-state index is 10.8. The number of hydrogen-bond acceptors (Lipinski definition) is 3. The standard InChI is InChI=1S/C14H21NO3S/c15-19(16,17)10-4-3-9-18-14-8-7-12-5-1-2-6-13(12)11-14/h7-8,11H,1-6,9-10H2,(H2,15,16,17). The van der Waals surface area contributed by atoms with E-state index < -0.39 is 10.0 Å². The van der Waals surface area contributed by atoms with Crippen molar-refractivity contribution in [2.75, 3.05) is 12.4 Å². The van der Waals surface area contributed by atoms with Crippen molar-refractivity contribution in [2.24, 2.45) is 5.14 Å². The first-order chi connectivity index (χ1) is 9.04. The molecule has 0 bridgehead atoms. The third-order valence-corrected chi connectivity index (χ3v) is 4.27. The first kappa shape index (κ1) is 14.3. The highest BCUT2D eigenvalue weighted by atomic mass is 32.2. The lowest BCUT2D eigenvalue weighted by molar-refractivity contribution is 0.309. The van der Waals surface area contributed by atoms with Gasteiger partial charge in [-0.25, -0.2) is 13.6 Å². The summed E-state index contributed by atoms with van der Waals surface area (Å²) >= 11 is 0. The van der Waals surface area contributed by atoms with Crippen LogP contribution in [0.5, 0.6) is 5.75 Å². The second kappa shape index (κ2) is 6.39. The molecule has 0 spiro atoms. The van der Waals surface area contributed by atoms with Crippen molar-refractivity contribution in [3.05, 3.63) is 29.3 Å². The Labute approximate surface area is 115 Å². The van der Waals surface area contributed by atoms with Gasteiger partial charge in [-0.15, -0.1) is 0 Å². The van der Waals surface area contributed by atoms with Gasteiger partial charge in [0.05, 0.1) is 12.4 Å². The second-order valence-corrected chi connectivity index (χ2v) is 6.79. The van der Waals surface area contributed by atoms with Crippen LogP contribution < -0.4 is 9.88 Å². The molecule has 0 amide bonds. The monoisotopic (exact) mass is 283 g/mol. The molecule has 0 fully saturated rings. The Bertz CT molecular complexity index is 525. The van der Waals surface area contributed by atoms with Crippen molar-refractivity contribution in [1.82, 2.24) is 0 Å². The third kappa shape index (κ3) is 4.84. The zero-order valence-electron chi connectivity index (χ0n) is 11.1. The Morgan fingerprint density at radius 1 is 1.11 bits per heavy atom. The molecule has 4 nitrogen and oxygen atoms in total. The highest BCUT2D eigenvalue weighted by Gasteiger charge is 2.09. The molecule has 1 aliphatic rings. The van der Waals surface area contributed by atoms with Gasteiger partial charge < -0.3 is 4.74 Å². The number of benzene rings is 1. The third-order valence-electron chi connectivity index (χ3n) is 3.41. The highest BCUT2D eigenvalue weighted by molar-refractivity contribution is 7.89. The van der Waals surface area contributed by atoms with E-state index in [1.165, 1.54) is 30.4 Å². The summed E-state index contributed by atoms with van der Waals surface area (Å²) in [6.45, 7) is 0.536. The number of rotatable bonds is 6. The first-order valence-electron chi connectivity index (χ1n) is 6.80. The van der Waals surface area contributed by atoms with Crippen LogP contribution in [-0.2, 0) is 22.9 Å². The summed E-state index contributed by atoms with van der Waals surface area (Å²) in [6.07, 6.45) is 6.09. The number of ether oxygens (including phenoxy) is 1. The van der Waals surface area contributed by atoms with Crippen LogP contribution in [0.4, 0.5) is 0 Å². The maximum Gasteiger partial charge on any atom is 0.209 e. The molecule has 0 atom stereocenters. The largest absolute Gasteiger partial charge is 0.494 e. The van der Waals surface area contributed by atoms with E-state index >= 15 is 0 Å². The second-order valence-electron chi connectivity index (χ2n) is 5.06. The Morgan fingerprint density at radius 3 is 2.58 bits per heavy atom. The van der Waals surface area contributed by atoms with Crippen LogP contribution in [-0.4, -0.2) is 20.8 Å². The molecule has 1 aromatic rings. The van der Waals surface area contributed by atoms with E-state index in [9.17, 15) is 8.42 Å². The Morgan fingerprint density at radius 2 is 1.84 bits per heavy atom. The Hall–Kier alpha value is -1.07. The summed E-state index contributed by atoms with van der Waals surface area (Å²) in [5.74, 6) is 0.914. The number of hydrogen-bond donors (Lipinski definition) is 1. The van der Waals surface area contributed by atoms with E-state index in [-0.39, 0.29) is 5.75 Å². The smallest absolute Gasteiger partial charge is 0.209 e. The predicted octanol–water partition coefficient (Wildman–Crippen LogP) is 2.01. The summed E-state index contributed by atoms with van der Waals surface area (Å²) < 4.78 is 27.2. The van der Waals surface area contributed by atoms with Crippen LogP contribution in [0.3, 0.4) is 0 Å². The zero-order chi connectivity index (χ0) is 13.7. The molecule has 19 heavy (non-hydrogen) atoms. The van der Waals surface area contributed by atoms with Gasteiger partial charge in [0.2, 0.25) is 10.0 Å². The zero-order valence-corrected chi connectivity index (χ0v) is 11.9. The average molecular weight is 283 g/mol. The van der Waals surface area contributed by atoms with Crippen molar-refractivity contribution >= 4 is 10.0 Å². The predicted molar refractivity (Wildman–Crippen MR) is 75.8 cm³/mol. The fourth-order valence-electron chi connectivity index (χ4n) is 2.39. The molecule has 0 saturated carbocycles. The Kier molecular flexibility index (Phi) is 4.82. The topological polar surface area (TPSA) is 69.4 Å². The van der Waals surface area contributed by atoms with Crippen molar-refractivity contribution in [2.45, 2.75) is 38.5 Å². The van der Waals surface area contributed by atoms with Crippen LogP contribution in [0.1, 0.15) is 36.8 Å². The van der Waals surface area contributed by atoms with E-state index in [1.807, 2.05) is 6.07 Å². The summed E-state index contributed by atoms with van der Waals surface area (Å²) in [6, 6.07) is 6.27. The van der Waals surface area contributed by atoms with E-state index in [4.69, 9.17) is 9.88 Å². The molecule has 106 valence electrons. The van der Waals surface area contributed by atoms with Crippen molar-refractivity contribution in [1.29, 1.82) is 0 Å². The summed E-state index contributed by atoms with van der Waals surface area (Å²) in [4.78, 5) is 0. The van der Waals surface area contributed by atoms with Gasteiger partial charge in [-0.05, 0) is 61.8 Å². The minimum absolute atomic E-state index is 0.0283. The summed E-state index contributed by atoms with van der Waals surface area (Å²) in [7, 11) is -3.34. The molecule has 0 radical (unpaired) electrons. The fraction of sp³-hybridized carbons (Fsp3) is 0.571. The van der Waals surface area contributed by atoms with Gasteiger partial charge in [0.1, 0.15) is 5.75 Å². The number of fused-ring (bicyclic) bond motifs is 1. The summed E-state index contributed by atoms with van der Waals surface area (Å²) in [5, 5.41) is 4.94. The van der Waals surface area contributed by atoms with Crippen LogP contribution in [0, 0.1) is 0 Å². The normalized spacial score (nSPS) is 15.0. The molecule has 0 aliphatic heterocycles. The quantitative estimate of drug-likeness (QED) is 0.812. The van der Waals surface area contributed by atoms with Crippen molar-refractivity contribution in [3.8, 4) is 5.75 Å². The maximum absolute atomic E-state index is 10.8. The van der Waals surface area contributed by atoms with Gasteiger partial charge in [-0.1, -0.05) is 6.07 Å². The van der Waals surface area contributed by atoms with Crippen LogP contribution in [0.15, 0.2) is 18.2 Å². The number of primary sulfonamides is 1. The molecule has 1 aromatic carbocycles. The molecule has 0 saturated heterocycles. The van der Waals surface area contributed by atoms with E-state index in [0.29, 0.717) is 19.4 Å². The highest BCUT2D eigenvalue weighted by Crippen LogP contribution is 2.25. The van der Waals surface area contributed by atoms with Gasteiger partial charge in [0.25, 0.3) is 0 Å². The van der Waals surface area contributed by atoms with Crippen molar-refractivity contribution < 1.29 is 13.2 Å². The summed E-state index contributed by atoms with van der Waals surface area (Å²) in [5.41, 5.74) is 2.83. The molecule has 0 unspecified atom stereocenters. The molecule has 0 aromatic heterocycles. The van der Waals surface area contributed by atoms with E-state index in [1.54, 1.807) is 0 Å². The number of sulfonamides is 1. The minimum atomic E-state index is -3.34. The average Bonchev–Trinajstić information content (AvgIpc) is 2.37. The first-order valence-corrected chi connectivity index (χ1v) is 8.51. The van der Waals surface area contributed by atoms with Gasteiger partial charge in [0.15, 0.2) is 0 Å². The number of nitrogens with two attached hydrogens (primary N) is 1. The molecule has 0 heterocycles. The lowest BCUT2D eigenvalue weighted by Gasteiger charge is -2.16. The molecular weight excluding hydrogens is 262 g/mol. The molecule has 2 N–H and O–H groups in total. The van der Waals surface area contributed by atoms with Crippen LogP contribution in [0.25, 0.3) is 0 Å². The van der Waals surface area contributed by atoms with Crippen molar-refractivity contribution in [3.63, 3.8) is 0 Å². The Balaban J connectivity index is 1.77. The minimum Gasteiger partial charge on any atom is -0.494 e. The SMILES string of the molecule is NS(=O)(=O)CCCCOc1ccc2c(c1)CCCC2. The lowest BCUT2D eigenvalue weighted by atomic mass is 9.92. The van der Waals surface area contributed by atoms with E-state index in [0.717, 1.165) is 12.2 Å². The molecule has 5 heteroatoms. The van der Waals surface area contributed by atoms with Crippen LogP contribution in [0.2, 0.25) is 0 Å². The fourth-order valence-corrected chi connectivity index (χ4v) is 3.00. The van der Waals surface area contributed by atoms with Gasteiger partial charge in [-0.3, -0.25) is 0 Å². The van der Waals surface area contributed by atoms with E-state index in [2.05, 4.69) is 12.1 Å². The molecule has 2 rings (SSSR count).